The predicted octanol–water partition coefficient (Wildman–Crippen LogP) is 7.81. The SMILES string of the molecule is CC1(C)CB(c2ccc3oc4cccc(-c5nc(-c6ccccc6)nc(-c6ccccc6)n5)c4c3c2)OC1(C)C. The van der Waals surface area contributed by atoms with Crippen LogP contribution in [0, 0.1) is 5.41 Å². The number of fused-ring (bicyclic) bond motifs is 3. The summed E-state index contributed by atoms with van der Waals surface area (Å²) < 4.78 is 12.9. The standard InChI is InChI=1S/C34H30BN3O2/c1-33(2)21-35(40-34(33,3)4)24-18-19-27-26(20-24)29-25(16-11-17-28(29)39-27)32-37-30(22-12-7-5-8-13-22)36-31(38-32)23-14-9-6-10-15-23/h5-20H,21H2,1-4H3. The van der Waals surface area contributed by atoms with Gasteiger partial charge in [-0.2, -0.15) is 0 Å². The molecule has 0 radical (unpaired) electrons. The van der Waals surface area contributed by atoms with E-state index in [9.17, 15) is 0 Å². The van der Waals surface area contributed by atoms with E-state index in [0.29, 0.717) is 17.5 Å². The largest absolute Gasteiger partial charge is 0.456 e. The van der Waals surface area contributed by atoms with Gasteiger partial charge in [-0.15, -0.1) is 0 Å². The van der Waals surface area contributed by atoms with Crippen molar-refractivity contribution < 1.29 is 9.07 Å². The molecule has 4 aromatic carbocycles. The van der Waals surface area contributed by atoms with Gasteiger partial charge in [0.2, 0.25) is 0 Å². The number of rotatable bonds is 4. The molecule has 6 heteroatoms. The van der Waals surface area contributed by atoms with Crippen molar-refractivity contribution in [3.05, 3.63) is 97.1 Å². The van der Waals surface area contributed by atoms with Crippen molar-refractivity contribution in [3.63, 3.8) is 0 Å². The molecule has 3 heterocycles. The third kappa shape index (κ3) is 4.11. The first-order chi connectivity index (χ1) is 19.3. The quantitative estimate of drug-likeness (QED) is 0.221. The maximum atomic E-state index is 6.57. The summed E-state index contributed by atoms with van der Waals surface area (Å²) >= 11 is 0. The van der Waals surface area contributed by atoms with Crippen LogP contribution in [0.5, 0.6) is 0 Å². The molecule has 40 heavy (non-hydrogen) atoms. The lowest BCUT2D eigenvalue weighted by Crippen LogP contribution is -2.36. The fraction of sp³-hybridized carbons (Fsp3) is 0.206. The molecule has 2 aromatic heterocycles. The van der Waals surface area contributed by atoms with Crippen molar-refractivity contribution in [2.45, 2.75) is 39.6 Å². The van der Waals surface area contributed by atoms with Crippen LogP contribution in [0.2, 0.25) is 6.32 Å². The van der Waals surface area contributed by atoms with E-state index in [1.807, 2.05) is 72.8 Å². The van der Waals surface area contributed by atoms with Crippen LogP contribution >= 0.6 is 0 Å². The molecule has 196 valence electrons. The minimum absolute atomic E-state index is 0.0260. The molecule has 6 aromatic rings. The third-order valence-corrected chi connectivity index (χ3v) is 8.59. The molecule has 1 fully saturated rings. The van der Waals surface area contributed by atoms with Crippen LogP contribution < -0.4 is 5.46 Å². The van der Waals surface area contributed by atoms with Crippen LogP contribution in [0.25, 0.3) is 56.1 Å². The van der Waals surface area contributed by atoms with E-state index in [4.69, 9.17) is 24.0 Å². The summed E-state index contributed by atoms with van der Waals surface area (Å²) in [6.07, 6.45) is 0.961. The lowest BCUT2D eigenvalue weighted by Gasteiger charge is -2.34. The molecule has 0 spiro atoms. The molecule has 0 aliphatic carbocycles. The summed E-state index contributed by atoms with van der Waals surface area (Å²) in [6.45, 7) is 8.97. The Kier molecular flexibility index (Phi) is 5.65. The van der Waals surface area contributed by atoms with Gasteiger partial charge in [-0.3, -0.25) is 0 Å². The molecule has 0 saturated carbocycles. The Morgan fingerprint density at radius 2 is 1.27 bits per heavy atom. The number of benzene rings is 4. The zero-order valence-corrected chi connectivity index (χ0v) is 23.2. The Balaban J connectivity index is 1.43. The van der Waals surface area contributed by atoms with Crippen molar-refractivity contribution in [2.75, 3.05) is 0 Å². The number of furan rings is 1. The van der Waals surface area contributed by atoms with Crippen LogP contribution in [0.4, 0.5) is 0 Å². The summed E-state index contributed by atoms with van der Waals surface area (Å²) in [5, 5.41) is 2.04. The van der Waals surface area contributed by atoms with E-state index in [2.05, 4.69) is 52.0 Å². The molecule has 0 N–H and O–H groups in total. The van der Waals surface area contributed by atoms with E-state index in [1.54, 1.807) is 0 Å². The van der Waals surface area contributed by atoms with Crippen molar-refractivity contribution >= 4 is 34.3 Å². The molecule has 0 unspecified atom stereocenters. The summed E-state index contributed by atoms with van der Waals surface area (Å²) in [5.74, 6) is 1.89. The Morgan fingerprint density at radius 3 is 1.88 bits per heavy atom. The van der Waals surface area contributed by atoms with E-state index in [0.717, 1.165) is 50.4 Å². The highest BCUT2D eigenvalue weighted by Crippen LogP contribution is 2.45. The van der Waals surface area contributed by atoms with E-state index >= 15 is 0 Å². The molecule has 1 aliphatic rings. The van der Waals surface area contributed by atoms with Gasteiger partial charge >= 0.3 is 6.92 Å². The highest BCUT2D eigenvalue weighted by Gasteiger charge is 2.49. The highest BCUT2D eigenvalue weighted by atomic mass is 16.5. The predicted molar refractivity (Wildman–Crippen MR) is 163 cm³/mol. The van der Waals surface area contributed by atoms with Gasteiger partial charge in [-0.05, 0) is 43.2 Å². The zero-order valence-electron chi connectivity index (χ0n) is 23.2. The second-order valence-corrected chi connectivity index (χ2v) is 11.8. The van der Waals surface area contributed by atoms with Crippen molar-refractivity contribution in [1.82, 2.24) is 15.0 Å². The molecule has 0 atom stereocenters. The first kappa shape index (κ1) is 24.7. The second kappa shape index (κ2) is 9.14. The monoisotopic (exact) mass is 523 g/mol. The third-order valence-electron chi connectivity index (χ3n) is 8.59. The molecular formula is C34H30BN3O2. The van der Waals surface area contributed by atoms with Crippen molar-refractivity contribution in [1.29, 1.82) is 0 Å². The van der Waals surface area contributed by atoms with Gasteiger partial charge in [0.05, 0.1) is 5.60 Å². The fourth-order valence-corrected chi connectivity index (χ4v) is 5.61. The van der Waals surface area contributed by atoms with Crippen LogP contribution in [-0.4, -0.2) is 27.5 Å². The van der Waals surface area contributed by atoms with E-state index in [1.165, 1.54) is 0 Å². The molecule has 7 rings (SSSR count). The lowest BCUT2D eigenvalue weighted by molar-refractivity contribution is 0.0375. The van der Waals surface area contributed by atoms with Gasteiger partial charge in [0, 0.05) is 27.5 Å². The normalized spacial score (nSPS) is 16.1. The fourth-order valence-electron chi connectivity index (χ4n) is 5.61. The van der Waals surface area contributed by atoms with E-state index < -0.39 is 0 Å². The van der Waals surface area contributed by atoms with Crippen LogP contribution in [0.1, 0.15) is 27.7 Å². The average molecular weight is 523 g/mol. The van der Waals surface area contributed by atoms with Gasteiger partial charge in [0.25, 0.3) is 0 Å². The van der Waals surface area contributed by atoms with Gasteiger partial charge in [-0.1, -0.05) is 98.8 Å². The van der Waals surface area contributed by atoms with Crippen LogP contribution in [-0.2, 0) is 4.65 Å². The molecule has 0 amide bonds. The Bertz CT molecular complexity index is 1790. The van der Waals surface area contributed by atoms with Gasteiger partial charge in [0.1, 0.15) is 11.2 Å². The lowest BCUT2D eigenvalue weighted by atomic mass is 9.54. The Hall–Kier alpha value is -4.29. The zero-order chi connectivity index (χ0) is 27.5. The van der Waals surface area contributed by atoms with Crippen molar-refractivity contribution in [2.24, 2.45) is 5.41 Å². The summed E-state index contributed by atoms with van der Waals surface area (Å²) in [5.41, 5.74) is 5.47. The Labute approximate surface area is 234 Å². The summed E-state index contributed by atoms with van der Waals surface area (Å²) in [7, 11) is 0. The first-order valence-corrected chi connectivity index (χ1v) is 13.8. The molecular weight excluding hydrogens is 493 g/mol. The Morgan fingerprint density at radius 1 is 0.650 bits per heavy atom. The topological polar surface area (TPSA) is 61.0 Å². The smallest absolute Gasteiger partial charge is 0.327 e. The van der Waals surface area contributed by atoms with E-state index in [-0.39, 0.29) is 17.9 Å². The van der Waals surface area contributed by atoms with Gasteiger partial charge in [0.15, 0.2) is 17.5 Å². The second-order valence-electron chi connectivity index (χ2n) is 11.8. The minimum Gasteiger partial charge on any atom is -0.456 e. The summed E-state index contributed by atoms with van der Waals surface area (Å²) in [4.78, 5) is 14.8. The first-order valence-electron chi connectivity index (χ1n) is 13.8. The minimum atomic E-state index is -0.206. The number of nitrogens with zero attached hydrogens (tertiary/aromatic N) is 3. The maximum absolute atomic E-state index is 6.57. The number of hydrogen-bond donors (Lipinski definition) is 0. The van der Waals surface area contributed by atoms with Crippen LogP contribution in [0.3, 0.4) is 0 Å². The molecule has 1 aliphatic heterocycles. The van der Waals surface area contributed by atoms with Gasteiger partial charge in [-0.25, -0.2) is 15.0 Å². The number of aromatic nitrogens is 3. The average Bonchev–Trinajstić information content (AvgIpc) is 3.45. The van der Waals surface area contributed by atoms with Gasteiger partial charge < -0.3 is 9.07 Å². The molecule has 0 bridgehead atoms. The van der Waals surface area contributed by atoms with Crippen LogP contribution in [0.15, 0.2) is 101 Å². The number of hydrogen-bond acceptors (Lipinski definition) is 5. The maximum Gasteiger partial charge on any atom is 0.327 e. The molecule has 1 saturated heterocycles. The summed E-state index contributed by atoms with van der Waals surface area (Å²) in [6, 6.07) is 32.6. The highest BCUT2D eigenvalue weighted by molar-refractivity contribution is 6.68. The molecule has 5 nitrogen and oxygen atoms in total. The van der Waals surface area contributed by atoms with Crippen molar-refractivity contribution in [3.8, 4) is 34.2 Å².